The van der Waals surface area contributed by atoms with E-state index in [0.717, 1.165) is 11.1 Å². The molecule has 0 saturated carbocycles. The first-order valence-electron chi connectivity index (χ1n) is 9.87. The summed E-state index contributed by atoms with van der Waals surface area (Å²) in [6, 6.07) is 12.7. The molecule has 148 valence electrons. The number of carbonyl (C=O) groups excluding carboxylic acids is 1. The fourth-order valence-corrected chi connectivity index (χ4v) is 3.50. The van der Waals surface area contributed by atoms with Crippen LogP contribution in [0.2, 0.25) is 0 Å². The van der Waals surface area contributed by atoms with E-state index >= 15 is 0 Å². The van der Waals surface area contributed by atoms with E-state index in [2.05, 4.69) is 72.7 Å². The van der Waals surface area contributed by atoms with Crippen molar-refractivity contribution in [2.45, 2.75) is 59.5 Å². The maximum absolute atomic E-state index is 13.0. The van der Waals surface area contributed by atoms with E-state index in [1.165, 1.54) is 16.3 Å². The number of hydrogen-bond acceptors (Lipinski definition) is 3. The minimum Gasteiger partial charge on any atom is -0.302 e. The molecule has 1 unspecified atom stereocenters. The molecule has 0 aliphatic heterocycles. The average molecular weight is 378 g/mol. The van der Waals surface area contributed by atoms with Crippen LogP contribution in [-0.4, -0.2) is 27.6 Å². The summed E-state index contributed by atoms with van der Waals surface area (Å²) < 4.78 is 0. The Morgan fingerprint density at radius 2 is 1.68 bits per heavy atom. The van der Waals surface area contributed by atoms with Gasteiger partial charge in [-0.05, 0) is 55.2 Å². The summed E-state index contributed by atoms with van der Waals surface area (Å²) in [7, 11) is 0. The van der Waals surface area contributed by atoms with Gasteiger partial charge in [0.15, 0.2) is 5.78 Å². The second kappa shape index (κ2) is 7.51. The predicted octanol–water partition coefficient (Wildman–Crippen LogP) is 5.14. The standard InChI is InChI=1S/C24H31N3O/c1-23(2,3)22(28)21(27-24(4,5)6)12-16-7-8-18-13-19(10-9-17(18)11-16)20-14-25-26-15-20/h7-11,13-15,21,27H,12H2,1-6H3,(H,25,26). The Labute approximate surface area is 167 Å². The van der Waals surface area contributed by atoms with E-state index in [1.807, 2.05) is 33.2 Å². The van der Waals surface area contributed by atoms with Gasteiger partial charge in [0.05, 0.1) is 12.2 Å². The number of carbonyl (C=O) groups is 1. The molecule has 0 bridgehead atoms. The second-order valence-electron chi connectivity index (χ2n) is 9.65. The molecule has 3 rings (SSSR count). The maximum Gasteiger partial charge on any atom is 0.155 e. The lowest BCUT2D eigenvalue weighted by Gasteiger charge is -2.32. The maximum atomic E-state index is 13.0. The van der Waals surface area contributed by atoms with E-state index in [1.54, 1.807) is 0 Å². The number of hydrogen-bond donors (Lipinski definition) is 2. The predicted molar refractivity (Wildman–Crippen MR) is 116 cm³/mol. The SMILES string of the molecule is CC(C)(C)NC(Cc1ccc2cc(-c3cn[nH]c3)ccc2c1)C(=O)C(C)(C)C. The van der Waals surface area contributed by atoms with Crippen molar-refractivity contribution in [1.82, 2.24) is 15.5 Å². The van der Waals surface area contributed by atoms with Gasteiger partial charge in [-0.2, -0.15) is 5.10 Å². The minimum absolute atomic E-state index is 0.123. The normalized spacial score (nSPS) is 13.6. The third-order valence-electron chi connectivity index (χ3n) is 4.84. The molecule has 0 fully saturated rings. The molecule has 1 heterocycles. The van der Waals surface area contributed by atoms with Gasteiger partial charge < -0.3 is 5.32 Å². The van der Waals surface area contributed by atoms with Crippen molar-refractivity contribution in [2.24, 2.45) is 5.41 Å². The van der Waals surface area contributed by atoms with Crippen molar-refractivity contribution in [3.05, 3.63) is 54.4 Å². The monoisotopic (exact) mass is 377 g/mol. The van der Waals surface area contributed by atoms with E-state index in [-0.39, 0.29) is 22.8 Å². The van der Waals surface area contributed by atoms with Crippen molar-refractivity contribution < 1.29 is 4.79 Å². The Morgan fingerprint density at radius 3 is 2.29 bits per heavy atom. The van der Waals surface area contributed by atoms with Crippen LogP contribution in [0.25, 0.3) is 21.9 Å². The van der Waals surface area contributed by atoms with Crippen LogP contribution >= 0.6 is 0 Å². The topological polar surface area (TPSA) is 57.8 Å². The second-order valence-corrected chi connectivity index (χ2v) is 9.65. The van der Waals surface area contributed by atoms with Gasteiger partial charge in [-0.3, -0.25) is 9.89 Å². The first-order chi connectivity index (χ1) is 13.0. The first kappa shape index (κ1) is 20.3. The third-order valence-corrected chi connectivity index (χ3v) is 4.84. The Balaban J connectivity index is 1.88. The largest absolute Gasteiger partial charge is 0.302 e. The van der Waals surface area contributed by atoms with E-state index in [0.29, 0.717) is 6.42 Å². The number of aromatic amines is 1. The van der Waals surface area contributed by atoms with Crippen LogP contribution in [0.5, 0.6) is 0 Å². The van der Waals surface area contributed by atoms with Gasteiger partial charge >= 0.3 is 0 Å². The molecule has 1 atom stereocenters. The van der Waals surface area contributed by atoms with Crippen molar-refractivity contribution >= 4 is 16.6 Å². The molecule has 3 aromatic rings. The van der Waals surface area contributed by atoms with Gasteiger partial charge in [-0.15, -0.1) is 0 Å². The number of H-pyrrole nitrogens is 1. The number of fused-ring (bicyclic) bond motifs is 1. The fourth-order valence-electron chi connectivity index (χ4n) is 3.50. The zero-order valence-electron chi connectivity index (χ0n) is 17.8. The molecular formula is C24H31N3O. The Morgan fingerprint density at radius 1 is 1.00 bits per heavy atom. The zero-order valence-corrected chi connectivity index (χ0v) is 17.8. The number of benzene rings is 2. The smallest absolute Gasteiger partial charge is 0.155 e. The first-order valence-corrected chi connectivity index (χ1v) is 9.87. The molecular weight excluding hydrogens is 346 g/mol. The van der Waals surface area contributed by atoms with Crippen molar-refractivity contribution in [3.63, 3.8) is 0 Å². The lowest BCUT2D eigenvalue weighted by atomic mass is 9.83. The van der Waals surface area contributed by atoms with Gasteiger partial charge in [0, 0.05) is 22.7 Å². The van der Waals surface area contributed by atoms with Crippen LogP contribution in [0.3, 0.4) is 0 Å². The number of rotatable bonds is 5. The molecule has 2 N–H and O–H groups in total. The van der Waals surface area contributed by atoms with Crippen LogP contribution in [0.15, 0.2) is 48.8 Å². The molecule has 0 spiro atoms. The van der Waals surface area contributed by atoms with Crippen LogP contribution in [0.4, 0.5) is 0 Å². The average Bonchev–Trinajstić information content (AvgIpc) is 3.12. The summed E-state index contributed by atoms with van der Waals surface area (Å²) in [5.74, 6) is 0.248. The number of nitrogens with one attached hydrogen (secondary N) is 2. The Bertz CT molecular complexity index is 960. The van der Waals surface area contributed by atoms with Gasteiger partial charge in [-0.25, -0.2) is 0 Å². The fraction of sp³-hybridized carbons (Fsp3) is 0.417. The molecule has 0 aliphatic rings. The molecule has 4 nitrogen and oxygen atoms in total. The molecule has 1 aromatic heterocycles. The third kappa shape index (κ3) is 4.87. The van der Waals surface area contributed by atoms with Gasteiger partial charge in [-0.1, -0.05) is 51.1 Å². The highest BCUT2D eigenvalue weighted by molar-refractivity contribution is 5.90. The molecule has 2 aromatic carbocycles. The van der Waals surface area contributed by atoms with Crippen LogP contribution in [0, 0.1) is 5.41 Å². The van der Waals surface area contributed by atoms with Gasteiger partial charge in [0.2, 0.25) is 0 Å². The van der Waals surface area contributed by atoms with Crippen molar-refractivity contribution in [1.29, 1.82) is 0 Å². The number of ketones is 1. The van der Waals surface area contributed by atoms with Gasteiger partial charge in [0.25, 0.3) is 0 Å². The summed E-state index contributed by atoms with van der Waals surface area (Å²) in [6.45, 7) is 12.3. The summed E-state index contributed by atoms with van der Waals surface area (Å²) in [5.41, 5.74) is 2.89. The Hall–Kier alpha value is -2.46. The van der Waals surface area contributed by atoms with Crippen LogP contribution < -0.4 is 5.32 Å². The zero-order chi connectivity index (χ0) is 20.5. The van der Waals surface area contributed by atoms with Crippen LogP contribution in [0.1, 0.15) is 47.1 Å². The number of nitrogens with zero attached hydrogens (tertiary/aromatic N) is 1. The van der Waals surface area contributed by atoms with E-state index in [4.69, 9.17) is 0 Å². The van der Waals surface area contributed by atoms with E-state index in [9.17, 15) is 4.79 Å². The summed E-state index contributed by atoms with van der Waals surface area (Å²) in [6.07, 6.45) is 4.42. The summed E-state index contributed by atoms with van der Waals surface area (Å²) >= 11 is 0. The molecule has 0 aliphatic carbocycles. The highest BCUT2D eigenvalue weighted by atomic mass is 16.1. The summed E-state index contributed by atoms with van der Waals surface area (Å²) in [4.78, 5) is 13.0. The Kier molecular flexibility index (Phi) is 5.44. The van der Waals surface area contributed by atoms with Crippen LogP contribution in [-0.2, 0) is 11.2 Å². The summed E-state index contributed by atoms with van der Waals surface area (Å²) in [5, 5.41) is 12.8. The molecule has 0 radical (unpaired) electrons. The lowest BCUT2D eigenvalue weighted by molar-refractivity contribution is -0.128. The number of Topliss-reactive ketones (excluding diaryl/α,β-unsaturated/α-hetero) is 1. The molecule has 28 heavy (non-hydrogen) atoms. The highest BCUT2D eigenvalue weighted by Crippen LogP contribution is 2.26. The number of aromatic nitrogens is 2. The minimum atomic E-state index is -0.376. The molecule has 0 amide bonds. The van der Waals surface area contributed by atoms with E-state index < -0.39 is 0 Å². The van der Waals surface area contributed by atoms with Crippen molar-refractivity contribution in [2.75, 3.05) is 0 Å². The van der Waals surface area contributed by atoms with Gasteiger partial charge in [0.1, 0.15) is 0 Å². The quantitative estimate of drug-likeness (QED) is 0.647. The van der Waals surface area contributed by atoms with Crippen molar-refractivity contribution in [3.8, 4) is 11.1 Å². The lowest BCUT2D eigenvalue weighted by Crippen LogP contribution is -2.51. The molecule has 0 saturated heterocycles. The molecule has 4 heteroatoms. The highest BCUT2D eigenvalue weighted by Gasteiger charge is 2.32.